The first-order chi connectivity index (χ1) is 12.9. The molecular formula is C19H26ClN3O4S. The molecule has 0 aliphatic rings. The molecule has 5 N–H and O–H groups in total. The highest BCUT2D eigenvalue weighted by Gasteiger charge is 2.22. The van der Waals surface area contributed by atoms with E-state index < -0.39 is 28.1 Å². The molecule has 2 atom stereocenters. The molecule has 154 valence electrons. The number of amides is 1. The lowest BCUT2D eigenvalue weighted by molar-refractivity contribution is -0.130. The highest BCUT2D eigenvalue weighted by atomic mass is 35.5. The fourth-order valence-electron chi connectivity index (χ4n) is 2.49. The van der Waals surface area contributed by atoms with E-state index in [9.17, 15) is 18.3 Å². The van der Waals surface area contributed by atoms with Gasteiger partial charge >= 0.3 is 0 Å². The number of nitrogens with two attached hydrogens (primary N) is 1. The van der Waals surface area contributed by atoms with Crippen LogP contribution in [0.3, 0.4) is 0 Å². The summed E-state index contributed by atoms with van der Waals surface area (Å²) in [6, 6.07) is 16.7. The Hall–Kier alpha value is -1.97. The summed E-state index contributed by atoms with van der Waals surface area (Å²) in [5.74, 6) is -0.565. The first kappa shape index (κ1) is 24.1. The number of nitrogens with one attached hydrogen (secondary N) is 2. The van der Waals surface area contributed by atoms with E-state index >= 15 is 0 Å². The Morgan fingerprint density at radius 1 is 1.00 bits per heavy atom. The van der Waals surface area contributed by atoms with E-state index in [1.54, 1.807) is 18.2 Å². The first-order valence-corrected chi connectivity index (χ1v) is 10.2. The van der Waals surface area contributed by atoms with Crippen molar-refractivity contribution in [2.45, 2.75) is 29.9 Å². The zero-order valence-corrected chi connectivity index (χ0v) is 17.0. The predicted molar refractivity (Wildman–Crippen MR) is 111 cm³/mol. The zero-order valence-electron chi connectivity index (χ0n) is 15.3. The van der Waals surface area contributed by atoms with Crippen LogP contribution in [0.4, 0.5) is 0 Å². The predicted octanol–water partition coefficient (Wildman–Crippen LogP) is 0.824. The van der Waals surface area contributed by atoms with Gasteiger partial charge in [0.15, 0.2) is 0 Å². The van der Waals surface area contributed by atoms with Crippen LogP contribution in [0, 0.1) is 0 Å². The first-order valence-electron chi connectivity index (χ1n) is 8.70. The van der Waals surface area contributed by atoms with Gasteiger partial charge in [-0.3, -0.25) is 4.79 Å². The monoisotopic (exact) mass is 427 g/mol. The Kier molecular flexibility index (Phi) is 10.1. The maximum absolute atomic E-state index is 12.0. The Balaban J connectivity index is 0.00000392. The van der Waals surface area contributed by atoms with Crippen LogP contribution in [0.1, 0.15) is 12.0 Å². The van der Waals surface area contributed by atoms with Gasteiger partial charge in [-0.15, -0.1) is 12.4 Å². The van der Waals surface area contributed by atoms with Gasteiger partial charge in [0.2, 0.25) is 15.9 Å². The van der Waals surface area contributed by atoms with E-state index in [0.717, 1.165) is 5.56 Å². The van der Waals surface area contributed by atoms with E-state index in [0.29, 0.717) is 12.8 Å². The number of aliphatic hydroxyl groups excluding tert-OH is 1. The summed E-state index contributed by atoms with van der Waals surface area (Å²) in [4.78, 5) is 12.2. The van der Waals surface area contributed by atoms with Gasteiger partial charge in [0.05, 0.1) is 4.90 Å². The van der Waals surface area contributed by atoms with Crippen LogP contribution >= 0.6 is 12.4 Å². The maximum Gasteiger partial charge on any atom is 0.250 e. The molecule has 2 rings (SSSR count). The summed E-state index contributed by atoms with van der Waals surface area (Å²) in [6.07, 6.45) is -0.559. The molecule has 0 saturated heterocycles. The van der Waals surface area contributed by atoms with Crippen molar-refractivity contribution < 1.29 is 18.3 Å². The quantitative estimate of drug-likeness (QED) is 0.418. The topological polar surface area (TPSA) is 122 Å². The lowest BCUT2D eigenvalue weighted by Crippen LogP contribution is -2.47. The summed E-state index contributed by atoms with van der Waals surface area (Å²) < 4.78 is 26.6. The Morgan fingerprint density at radius 2 is 1.57 bits per heavy atom. The van der Waals surface area contributed by atoms with Gasteiger partial charge in [-0.05, 0) is 30.5 Å². The van der Waals surface area contributed by atoms with Crippen molar-refractivity contribution in [3.8, 4) is 0 Å². The minimum absolute atomic E-state index is 0. The molecule has 0 aromatic heterocycles. The number of carbonyl (C=O) groups is 1. The number of halogens is 1. The van der Waals surface area contributed by atoms with E-state index in [1.807, 2.05) is 30.3 Å². The summed E-state index contributed by atoms with van der Waals surface area (Å²) in [5.41, 5.74) is 6.84. The van der Waals surface area contributed by atoms with Crippen LogP contribution < -0.4 is 15.8 Å². The highest BCUT2D eigenvalue weighted by molar-refractivity contribution is 7.89. The van der Waals surface area contributed by atoms with E-state index in [2.05, 4.69) is 10.0 Å². The van der Waals surface area contributed by atoms with E-state index in [4.69, 9.17) is 5.73 Å². The van der Waals surface area contributed by atoms with E-state index in [1.165, 1.54) is 12.1 Å². The second kappa shape index (κ2) is 11.8. The Bertz CT molecular complexity index is 820. The number of rotatable bonds is 10. The SMILES string of the molecule is Cl.N[C@@H](Cc1ccccc1)C(O)C(=O)NCCCNS(=O)(=O)c1ccccc1. The molecule has 2 aromatic rings. The van der Waals surface area contributed by atoms with Gasteiger partial charge in [-0.25, -0.2) is 13.1 Å². The molecule has 0 heterocycles. The molecular weight excluding hydrogens is 402 g/mol. The molecule has 9 heteroatoms. The molecule has 1 unspecified atom stereocenters. The second-order valence-corrected chi connectivity index (χ2v) is 7.92. The number of hydrogen-bond acceptors (Lipinski definition) is 5. The van der Waals surface area contributed by atoms with Crippen LogP contribution in [-0.4, -0.2) is 44.7 Å². The average Bonchev–Trinajstić information content (AvgIpc) is 2.68. The number of sulfonamides is 1. The molecule has 0 spiro atoms. The van der Waals surface area contributed by atoms with Crippen LogP contribution in [0.15, 0.2) is 65.6 Å². The van der Waals surface area contributed by atoms with Gasteiger partial charge < -0.3 is 16.2 Å². The lowest BCUT2D eigenvalue weighted by atomic mass is 10.0. The van der Waals surface area contributed by atoms with Gasteiger partial charge in [0.1, 0.15) is 6.10 Å². The van der Waals surface area contributed by atoms with Gasteiger partial charge in [-0.1, -0.05) is 48.5 Å². The normalized spacial score (nSPS) is 13.2. The highest BCUT2D eigenvalue weighted by Crippen LogP contribution is 2.07. The molecule has 28 heavy (non-hydrogen) atoms. The van der Waals surface area contributed by atoms with Crippen molar-refractivity contribution in [1.29, 1.82) is 0 Å². The molecule has 0 aliphatic carbocycles. The average molecular weight is 428 g/mol. The fourth-order valence-corrected chi connectivity index (χ4v) is 3.58. The minimum atomic E-state index is -3.56. The molecule has 0 radical (unpaired) electrons. The minimum Gasteiger partial charge on any atom is -0.382 e. The van der Waals surface area contributed by atoms with Crippen LogP contribution in [-0.2, 0) is 21.2 Å². The van der Waals surface area contributed by atoms with Crippen LogP contribution in [0.2, 0.25) is 0 Å². The van der Waals surface area contributed by atoms with Crippen molar-refractivity contribution >= 4 is 28.3 Å². The van der Waals surface area contributed by atoms with Gasteiger partial charge in [-0.2, -0.15) is 0 Å². The fraction of sp³-hybridized carbons (Fsp3) is 0.316. The Labute approximate surface area is 171 Å². The molecule has 0 aliphatic heterocycles. The van der Waals surface area contributed by atoms with Crippen molar-refractivity contribution in [2.24, 2.45) is 5.73 Å². The van der Waals surface area contributed by atoms with Crippen molar-refractivity contribution in [1.82, 2.24) is 10.0 Å². The maximum atomic E-state index is 12.0. The number of aliphatic hydroxyl groups is 1. The van der Waals surface area contributed by atoms with Gasteiger partial charge in [0, 0.05) is 19.1 Å². The summed E-state index contributed by atoms with van der Waals surface area (Å²) in [5, 5.41) is 12.6. The van der Waals surface area contributed by atoms with E-state index in [-0.39, 0.29) is 30.4 Å². The second-order valence-electron chi connectivity index (χ2n) is 6.15. The number of hydrogen-bond donors (Lipinski definition) is 4. The third kappa shape index (κ3) is 7.57. The third-order valence-corrected chi connectivity index (χ3v) is 5.46. The van der Waals surface area contributed by atoms with Crippen LogP contribution in [0.5, 0.6) is 0 Å². The summed E-state index contributed by atoms with van der Waals surface area (Å²) >= 11 is 0. The largest absolute Gasteiger partial charge is 0.382 e. The molecule has 2 aromatic carbocycles. The number of benzene rings is 2. The smallest absolute Gasteiger partial charge is 0.250 e. The zero-order chi connectivity index (χ0) is 19.7. The van der Waals surface area contributed by atoms with Gasteiger partial charge in [0.25, 0.3) is 0 Å². The third-order valence-electron chi connectivity index (χ3n) is 3.99. The summed E-state index contributed by atoms with van der Waals surface area (Å²) in [7, 11) is -3.56. The number of carbonyl (C=O) groups excluding carboxylic acids is 1. The standard InChI is InChI=1S/C19H25N3O4S.ClH/c20-17(14-15-8-3-1-4-9-15)18(23)19(24)21-12-7-13-22-27(25,26)16-10-5-2-6-11-16;/h1-6,8-11,17-18,22-23H,7,12-14,20H2,(H,21,24);1H/t17-,18?;/m0./s1. The van der Waals surface area contributed by atoms with Crippen molar-refractivity contribution in [2.75, 3.05) is 13.1 Å². The molecule has 0 fully saturated rings. The molecule has 7 nitrogen and oxygen atoms in total. The molecule has 0 saturated carbocycles. The Morgan fingerprint density at radius 3 is 2.18 bits per heavy atom. The van der Waals surface area contributed by atoms with Crippen LogP contribution in [0.25, 0.3) is 0 Å². The summed E-state index contributed by atoms with van der Waals surface area (Å²) in [6.45, 7) is 0.398. The van der Waals surface area contributed by atoms with Crippen molar-refractivity contribution in [3.63, 3.8) is 0 Å². The van der Waals surface area contributed by atoms with Crippen molar-refractivity contribution in [3.05, 3.63) is 66.2 Å². The lowest BCUT2D eigenvalue weighted by Gasteiger charge is -2.18. The molecule has 1 amide bonds. The molecule has 0 bridgehead atoms.